The molecule has 0 aliphatic carbocycles. The zero-order valence-electron chi connectivity index (χ0n) is 14.7. The molecule has 7 heteroatoms. The van der Waals surface area contributed by atoms with Gasteiger partial charge in [0.25, 0.3) is 0 Å². The molecule has 0 bridgehead atoms. The van der Waals surface area contributed by atoms with Gasteiger partial charge >= 0.3 is 0 Å². The van der Waals surface area contributed by atoms with Gasteiger partial charge in [0, 0.05) is 0 Å². The molecule has 0 atom stereocenters. The first-order chi connectivity index (χ1) is 12.7. The monoisotopic (exact) mass is 368 g/mol. The minimum atomic E-state index is 0.435. The highest BCUT2D eigenvalue weighted by Crippen LogP contribution is 2.29. The first-order valence-corrected chi connectivity index (χ1v) is 8.68. The Hall–Kier alpha value is -2.93. The van der Waals surface area contributed by atoms with E-state index in [0.29, 0.717) is 29.5 Å². The Labute approximate surface area is 157 Å². The SMILES string of the molecule is CCOc1cc(/C=N/n2cn[nH]c2=S)ccc1OCc1ccc(C)cc1. The molecule has 0 amide bonds. The predicted octanol–water partition coefficient (Wildman–Crippen LogP) is 4.11. The molecule has 0 unspecified atom stereocenters. The number of hydrogen-bond donors (Lipinski definition) is 1. The maximum atomic E-state index is 5.93. The van der Waals surface area contributed by atoms with E-state index >= 15 is 0 Å². The van der Waals surface area contributed by atoms with Crippen LogP contribution in [0.15, 0.2) is 53.9 Å². The van der Waals surface area contributed by atoms with Crippen molar-refractivity contribution in [2.45, 2.75) is 20.5 Å². The number of nitrogens with zero attached hydrogens (tertiary/aromatic N) is 3. The largest absolute Gasteiger partial charge is 0.490 e. The lowest BCUT2D eigenvalue weighted by atomic mass is 10.2. The highest BCUT2D eigenvalue weighted by atomic mass is 32.1. The Kier molecular flexibility index (Phi) is 5.80. The molecule has 0 spiro atoms. The predicted molar refractivity (Wildman–Crippen MR) is 104 cm³/mol. The molecule has 0 aliphatic rings. The van der Waals surface area contributed by atoms with Crippen LogP contribution in [0.5, 0.6) is 11.5 Å². The second-order valence-corrected chi connectivity index (χ2v) is 6.05. The van der Waals surface area contributed by atoms with Crippen LogP contribution in [0.3, 0.4) is 0 Å². The number of aromatic nitrogens is 3. The summed E-state index contributed by atoms with van der Waals surface area (Å²) >= 11 is 5.06. The zero-order chi connectivity index (χ0) is 18.4. The normalized spacial score (nSPS) is 11.0. The molecule has 0 aliphatic heterocycles. The minimum Gasteiger partial charge on any atom is -0.490 e. The molecule has 1 heterocycles. The van der Waals surface area contributed by atoms with Crippen LogP contribution in [0.1, 0.15) is 23.6 Å². The van der Waals surface area contributed by atoms with Gasteiger partial charge in [-0.05, 0) is 55.4 Å². The highest BCUT2D eigenvalue weighted by Gasteiger charge is 2.06. The summed E-state index contributed by atoms with van der Waals surface area (Å²) in [4.78, 5) is 0. The van der Waals surface area contributed by atoms with Crippen molar-refractivity contribution in [2.24, 2.45) is 5.10 Å². The number of ether oxygens (including phenoxy) is 2. The molecule has 3 rings (SSSR count). The number of rotatable bonds is 7. The molecular formula is C19H20N4O2S. The average Bonchev–Trinajstić information content (AvgIpc) is 3.06. The van der Waals surface area contributed by atoms with Crippen LogP contribution in [0.2, 0.25) is 0 Å². The van der Waals surface area contributed by atoms with Crippen molar-refractivity contribution in [3.63, 3.8) is 0 Å². The molecule has 134 valence electrons. The van der Waals surface area contributed by atoms with E-state index in [2.05, 4.69) is 46.5 Å². The van der Waals surface area contributed by atoms with Crippen molar-refractivity contribution in [1.82, 2.24) is 14.9 Å². The summed E-state index contributed by atoms with van der Waals surface area (Å²) in [7, 11) is 0. The van der Waals surface area contributed by atoms with Crippen molar-refractivity contribution < 1.29 is 9.47 Å². The topological polar surface area (TPSA) is 64.4 Å². The number of nitrogens with one attached hydrogen (secondary N) is 1. The van der Waals surface area contributed by atoms with Crippen molar-refractivity contribution in [3.8, 4) is 11.5 Å². The summed E-state index contributed by atoms with van der Waals surface area (Å²) in [5.41, 5.74) is 3.21. The quantitative estimate of drug-likeness (QED) is 0.503. The van der Waals surface area contributed by atoms with E-state index < -0.39 is 0 Å². The maximum absolute atomic E-state index is 5.93. The second kappa shape index (κ2) is 8.44. The molecule has 26 heavy (non-hydrogen) atoms. The lowest BCUT2D eigenvalue weighted by Gasteiger charge is -2.12. The van der Waals surface area contributed by atoms with E-state index in [9.17, 15) is 0 Å². The number of H-pyrrole nitrogens is 1. The highest BCUT2D eigenvalue weighted by molar-refractivity contribution is 7.71. The van der Waals surface area contributed by atoms with Gasteiger partial charge in [0.1, 0.15) is 12.9 Å². The first-order valence-electron chi connectivity index (χ1n) is 8.27. The number of hydrogen-bond acceptors (Lipinski definition) is 5. The summed E-state index contributed by atoms with van der Waals surface area (Å²) in [5, 5.41) is 10.7. The number of benzene rings is 2. The molecule has 0 saturated heterocycles. The fourth-order valence-corrected chi connectivity index (χ4v) is 2.44. The van der Waals surface area contributed by atoms with Gasteiger partial charge in [-0.1, -0.05) is 29.8 Å². The summed E-state index contributed by atoms with van der Waals surface area (Å²) < 4.78 is 13.6. The lowest BCUT2D eigenvalue weighted by molar-refractivity contribution is 0.269. The van der Waals surface area contributed by atoms with Gasteiger partial charge in [0.05, 0.1) is 12.8 Å². The van der Waals surface area contributed by atoms with Crippen LogP contribution in [-0.4, -0.2) is 27.7 Å². The fourth-order valence-electron chi connectivity index (χ4n) is 2.29. The smallest absolute Gasteiger partial charge is 0.216 e. The van der Waals surface area contributed by atoms with E-state index in [1.807, 2.05) is 25.1 Å². The minimum absolute atomic E-state index is 0.435. The van der Waals surface area contributed by atoms with Crippen molar-refractivity contribution in [2.75, 3.05) is 6.61 Å². The van der Waals surface area contributed by atoms with Gasteiger partial charge in [-0.15, -0.1) is 0 Å². The number of aromatic amines is 1. The third-order valence-corrected chi connectivity index (χ3v) is 3.93. The molecule has 2 aromatic carbocycles. The van der Waals surface area contributed by atoms with Gasteiger partial charge in [0.15, 0.2) is 11.5 Å². The molecule has 3 aromatic rings. The van der Waals surface area contributed by atoms with E-state index in [0.717, 1.165) is 11.1 Å². The molecule has 0 radical (unpaired) electrons. The Morgan fingerprint density at radius 1 is 1.15 bits per heavy atom. The molecule has 1 aromatic heterocycles. The molecule has 1 N–H and O–H groups in total. The fraction of sp³-hybridized carbons (Fsp3) is 0.211. The Morgan fingerprint density at radius 2 is 1.96 bits per heavy atom. The summed E-state index contributed by atoms with van der Waals surface area (Å²) in [6, 6.07) is 14.0. The van der Waals surface area contributed by atoms with Crippen LogP contribution in [0, 0.1) is 11.7 Å². The molecule has 0 saturated carbocycles. The second-order valence-electron chi connectivity index (χ2n) is 5.66. The van der Waals surface area contributed by atoms with Crippen molar-refractivity contribution >= 4 is 18.4 Å². The van der Waals surface area contributed by atoms with Crippen LogP contribution < -0.4 is 9.47 Å². The Bertz CT molecular complexity index is 945. The molecule has 0 fully saturated rings. The van der Waals surface area contributed by atoms with Crippen molar-refractivity contribution in [1.29, 1.82) is 0 Å². The summed E-state index contributed by atoms with van der Waals surface area (Å²) in [6.07, 6.45) is 3.21. The third-order valence-electron chi connectivity index (χ3n) is 3.65. The summed E-state index contributed by atoms with van der Waals surface area (Å²) in [5.74, 6) is 1.38. The third kappa shape index (κ3) is 4.58. The Balaban J connectivity index is 1.75. The number of aryl methyl sites for hydroxylation is 1. The summed E-state index contributed by atoms with van der Waals surface area (Å²) in [6.45, 7) is 5.04. The Morgan fingerprint density at radius 3 is 2.65 bits per heavy atom. The van der Waals surface area contributed by atoms with E-state index in [1.165, 1.54) is 16.6 Å². The van der Waals surface area contributed by atoms with Crippen molar-refractivity contribution in [3.05, 3.63) is 70.3 Å². The first kappa shape index (κ1) is 17.9. The van der Waals surface area contributed by atoms with Gasteiger partial charge < -0.3 is 9.47 Å². The van der Waals surface area contributed by atoms with Crippen LogP contribution in [0.4, 0.5) is 0 Å². The van der Waals surface area contributed by atoms with Crippen LogP contribution >= 0.6 is 12.2 Å². The van der Waals surface area contributed by atoms with Gasteiger partial charge in [-0.3, -0.25) is 5.10 Å². The lowest BCUT2D eigenvalue weighted by Crippen LogP contribution is -2.00. The van der Waals surface area contributed by atoms with Crippen LogP contribution in [-0.2, 0) is 6.61 Å². The van der Waals surface area contributed by atoms with E-state index in [-0.39, 0.29) is 0 Å². The zero-order valence-corrected chi connectivity index (χ0v) is 15.5. The maximum Gasteiger partial charge on any atom is 0.216 e. The molecule has 6 nitrogen and oxygen atoms in total. The van der Waals surface area contributed by atoms with Gasteiger partial charge in [-0.2, -0.15) is 14.9 Å². The van der Waals surface area contributed by atoms with Crippen LogP contribution in [0.25, 0.3) is 0 Å². The van der Waals surface area contributed by atoms with Gasteiger partial charge in [-0.25, -0.2) is 0 Å². The van der Waals surface area contributed by atoms with E-state index in [4.69, 9.17) is 21.7 Å². The van der Waals surface area contributed by atoms with Gasteiger partial charge in [0.2, 0.25) is 4.77 Å². The standard InChI is InChI=1S/C19H20N4O2S/c1-3-24-18-10-16(11-21-23-13-20-22-19(23)26)8-9-17(18)25-12-15-6-4-14(2)5-7-15/h4-11,13H,3,12H2,1-2H3,(H,22,26)/b21-11+. The average molecular weight is 368 g/mol. The van der Waals surface area contributed by atoms with E-state index in [1.54, 1.807) is 6.21 Å². The molecular weight excluding hydrogens is 348 g/mol.